The number of aryl methyl sites for hydroxylation is 1. The number of methoxy groups -OCH3 is 1. The van der Waals surface area contributed by atoms with Gasteiger partial charge >= 0.3 is 0 Å². The van der Waals surface area contributed by atoms with Gasteiger partial charge in [-0.15, -0.1) is 11.3 Å². The number of nitrogens with one attached hydrogen (secondary N) is 1. The van der Waals surface area contributed by atoms with Crippen LogP contribution in [-0.4, -0.2) is 18.0 Å². The zero-order valence-corrected chi connectivity index (χ0v) is 15.3. The highest BCUT2D eigenvalue weighted by Gasteiger charge is 2.20. The third kappa shape index (κ3) is 3.34. The van der Waals surface area contributed by atoms with Crippen LogP contribution in [0.5, 0.6) is 5.75 Å². The lowest BCUT2D eigenvalue weighted by Gasteiger charge is -2.16. The molecule has 0 bridgehead atoms. The third-order valence-electron chi connectivity index (χ3n) is 3.72. The number of rotatable bonds is 5. The van der Waals surface area contributed by atoms with Gasteiger partial charge in [0.2, 0.25) is 0 Å². The molecule has 1 unspecified atom stereocenters. The Morgan fingerprint density at radius 2 is 2.08 bits per heavy atom. The molecule has 1 atom stereocenters. The second-order valence-corrected chi connectivity index (χ2v) is 7.16. The Balaban J connectivity index is 1.80. The minimum Gasteiger partial charge on any atom is -0.496 e. The first kappa shape index (κ1) is 16.7. The number of thiophene rings is 1. The number of nitrogens with zero attached hydrogens (tertiary/aromatic N) is 1. The molecule has 0 aliphatic carbocycles. The van der Waals surface area contributed by atoms with Gasteiger partial charge in [0, 0.05) is 16.5 Å². The topological polar surface area (TPSA) is 51.2 Å². The van der Waals surface area contributed by atoms with Crippen molar-refractivity contribution in [1.82, 2.24) is 10.3 Å². The Morgan fingerprint density at radius 1 is 1.29 bits per heavy atom. The van der Waals surface area contributed by atoms with Crippen LogP contribution in [0.3, 0.4) is 0 Å². The summed E-state index contributed by atoms with van der Waals surface area (Å²) in [5, 5.41) is 7.97. The van der Waals surface area contributed by atoms with Crippen molar-refractivity contribution in [3.63, 3.8) is 0 Å². The molecule has 3 aromatic rings. The molecule has 1 aromatic carbocycles. The Labute approximate surface area is 149 Å². The van der Waals surface area contributed by atoms with Gasteiger partial charge in [-0.25, -0.2) is 4.98 Å². The summed E-state index contributed by atoms with van der Waals surface area (Å²) in [6.45, 7) is 3.82. The highest BCUT2D eigenvalue weighted by atomic mass is 32.1. The van der Waals surface area contributed by atoms with Crippen LogP contribution in [0.1, 0.15) is 33.9 Å². The van der Waals surface area contributed by atoms with Crippen LogP contribution >= 0.6 is 22.7 Å². The van der Waals surface area contributed by atoms with E-state index in [1.807, 2.05) is 54.9 Å². The van der Waals surface area contributed by atoms with E-state index in [0.29, 0.717) is 4.88 Å². The van der Waals surface area contributed by atoms with Crippen LogP contribution in [0, 0.1) is 6.92 Å². The maximum absolute atomic E-state index is 12.7. The summed E-state index contributed by atoms with van der Waals surface area (Å²) in [6.07, 6.45) is 0. The first-order chi connectivity index (χ1) is 11.6. The van der Waals surface area contributed by atoms with Gasteiger partial charge in [-0.05, 0) is 31.4 Å². The Kier molecular flexibility index (Phi) is 4.97. The third-order valence-corrected chi connectivity index (χ3v) is 5.61. The molecule has 0 saturated carbocycles. The predicted molar refractivity (Wildman–Crippen MR) is 99.0 cm³/mol. The number of aromatic nitrogens is 1. The lowest BCUT2D eigenvalue weighted by Crippen LogP contribution is -2.26. The molecule has 124 valence electrons. The molecule has 3 rings (SSSR count). The molecule has 2 aromatic heterocycles. The monoisotopic (exact) mass is 358 g/mol. The van der Waals surface area contributed by atoms with Gasteiger partial charge < -0.3 is 10.1 Å². The number of carbonyl (C=O) groups excluding carboxylic acids is 1. The van der Waals surface area contributed by atoms with Gasteiger partial charge in [0.1, 0.15) is 15.6 Å². The second kappa shape index (κ2) is 7.15. The summed E-state index contributed by atoms with van der Waals surface area (Å²) >= 11 is 3.05. The summed E-state index contributed by atoms with van der Waals surface area (Å²) in [5.74, 6) is 0.662. The van der Waals surface area contributed by atoms with Crippen molar-refractivity contribution in [3.8, 4) is 16.3 Å². The fraction of sp³-hybridized carbons (Fsp3) is 0.222. The molecule has 0 saturated heterocycles. The van der Waals surface area contributed by atoms with Crippen molar-refractivity contribution < 1.29 is 9.53 Å². The summed E-state index contributed by atoms with van der Waals surface area (Å²) in [7, 11) is 1.63. The number of ether oxygens (including phenoxy) is 1. The van der Waals surface area contributed by atoms with Gasteiger partial charge in [0.05, 0.1) is 18.8 Å². The number of amides is 1. The van der Waals surface area contributed by atoms with Crippen LogP contribution in [0.15, 0.2) is 41.1 Å². The summed E-state index contributed by atoms with van der Waals surface area (Å²) in [4.78, 5) is 17.8. The van der Waals surface area contributed by atoms with E-state index in [0.717, 1.165) is 27.6 Å². The van der Waals surface area contributed by atoms with Crippen LogP contribution in [-0.2, 0) is 0 Å². The molecule has 0 aliphatic rings. The average molecular weight is 358 g/mol. The number of thiazole rings is 1. The maximum atomic E-state index is 12.7. The molecular formula is C18H18N2O2S2. The molecule has 0 aliphatic heterocycles. The summed E-state index contributed by atoms with van der Waals surface area (Å²) in [6, 6.07) is 9.57. The SMILES string of the molecule is COc1ccccc1C(C)NC(=O)c1sc(-c2ccsc2)nc1C. The van der Waals surface area contributed by atoms with Gasteiger partial charge in [0.25, 0.3) is 5.91 Å². The minimum absolute atomic E-state index is 0.107. The molecule has 0 radical (unpaired) electrons. The molecule has 1 N–H and O–H groups in total. The highest BCUT2D eigenvalue weighted by Crippen LogP contribution is 2.30. The van der Waals surface area contributed by atoms with Crippen molar-refractivity contribution in [1.29, 1.82) is 0 Å². The van der Waals surface area contributed by atoms with E-state index in [1.54, 1.807) is 18.4 Å². The van der Waals surface area contributed by atoms with Crippen molar-refractivity contribution in [3.05, 3.63) is 57.2 Å². The number of para-hydroxylation sites is 1. The van der Waals surface area contributed by atoms with Crippen LogP contribution in [0.2, 0.25) is 0 Å². The first-order valence-electron chi connectivity index (χ1n) is 7.54. The average Bonchev–Trinajstić information content (AvgIpc) is 3.24. The lowest BCUT2D eigenvalue weighted by molar-refractivity contribution is 0.0943. The number of benzene rings is 1. The smallest absolute Gasteiger partial charge is 0.263 e. The normalized spacial score (nSPS) is 12.0. The molecule has 6 heteroatoms. The molecular weight excluding hydrogens is 340 g/mol. The fourth-order valence-electron chi connectivity index (χ4n) is 2.48. The fourth-order valence-corrected chi connectivity index (χ4v) is 4.16. The number of carbonyl (C=O) groups is 1. The van der Waals surface area contributed by atoms with Crippen molar-refractivity contribution in [2.24, 2.45) is 0 Å². The maximum Gasteiger partial charge on any atom is 0.263 e. The Morgan fingerprint density at radius 3 is 2.79 bits per heavy atom. The molecule has 4 nitrogen and oxygen atoms in total. The van der Waals surface area contributed by atoms with Crippen molar-refractivity contribution in [2.45, 2.75) is 19.9 Å². The molecule has 0 fully saturated rings. The van der Waals surface area contributed by atoms with Crippen LogP contribution < -0.4 is 10.1 Å². The van der Waals surface area contributed by atoms with Crippen LogP contribution in [0.25, 0.3) is 10.6 Å². The van der Waals surface area contributed by atoms with E-state index in [-0.39, 0.29) is 11.9 Å². The van der Waals surface area contributed by atoms with Crippen molar-refractivity contribution in [2.75, 3.05) is 7.11 Å². The van der Waals surface area contributed by atoms with E-state index in [4.69, 9.17) is 4.74 Å². The molecule has 0 spiro atoms. The van der Waals surface area contributed by atoms with E-state index in [1.165, 1.54) is 11.3 Å². The quantitative estimate of drug-likeness (QED) is 0.720. The van der Waals surface area contributed by atoms with Gasteiger partial charge in [0.15, 0.2) is 0 Å². The van der Waals surface area contributed by atoms with E-state index >= 15 is 0 Å². The van der Waals surface area contributed by atoms with Crippen molar-refractivity contribution >= 4 is 28.6 Å². The zero-order chi connectivity index (χ0) is 17.1. The molecule has 2 heterocycles. The van der Waals surface area contributed by atoms with Gasteiger partial charge in [-0.1, -0.05) is 18.2 Å². The van der Waals surface area contributed by atoms with Gasteiger partial charge in [-0.2, -0.15) is 11.3 Å². The number of hydrogen-bond donors (Lipinski definition) is 1. The second-order valence-electron chi connectivity index (χ2n) is 5.38. The minimum atomic E-state index is -0.153. The highest BCUT2D eigenvalue weighted by molar-refractivity contribution is 7.17. The summed E-state index contributed by atoms with van der Waals surface area (Å²) < 4.78 is 5.37. The zero-order valence-electron chi connectivity index (χ0n) is 13.7. The van der Waals surface area contributed by atoms with E-state index < -0.39 is 0 Å². The number of hydrogen-bond acceptors (Lipinski definition) is 5. The molecule has 24 heavy (non-hydrogen) atoms. The van der Waals surface area contributed by atoms with Crippen LogP contribution in [0.4, 0.5) is 0 Å². The first-order valence-corrected chi connectivity index (χ1v) is 9.30. The Bertz CT molecular complexity index is 841. The van der Waals surface area contributed by atoms with E-state index in [9.17, 15) is 4.79 Å². The van der Waals surface area contributed by atoms with E-state index in [2.05, 4.69) is 10.3 Å². The Hall–Kier alpha value is -2.18. The standard InChI is InChI=1S/C18H18N2O2S2/c1-11(14-6-4-5-7-15(14)22-3)19-17(21)16-12(2)20-18(24-16)13-8-9-23-10-13/h4-11H,1-3H3,(H,19,21). The largest absolute Gasteiger partial charge is 0.496 e. The summed E-state index contributed by atoms with van der Waals surface area (Å²) in [5.41, 5.74) is 2.77. The lowest BCUT2D eigenvalue weighted by atomic mass is 10.1. The molecule has 1 amide bonds. The van der Waals surface area contributed by atoms with Gasteiger partial charge in [-0.3, -0.25) is 4.79 Å². The predicted octanol–water partition coefficient (Wildman–Crippen LogP) is 4.68.